The molecule has 0 saturated carbocycles. The first-order valence-corrected chi connectivity index (χ1v) is 6.19. The van der Waals surface area contributed by atoms with E-state index in [4.69, 9.17) is 4.74 Å². The maximum absolute atomic E-state index is 11.9. The van der Waals surface area contributed by atoms with E-state index in [2.05, 4.69) is 15.9 Å². The Balaban J connectivity index is 2.74. The van der Waals surface area contributed by atoms with Crippen LogP contribution in [0.4, 0.5) is 0 Å². The first kappa shape index (κ1) is 13.9. The number of Topliss-reactive ketones (excluding diaryl/α,β-unsaturated/α-hetero) is 1. The van der Waals surface area contributed by atoms with Crippen LogP contribution in [-0.4, -0.2) is 22.2 Å². The van der Waals surface area contributed by atoms with Crippen LogP contribution in [0.5, 0.6) is 0 Å². The van der Waals surface area contributed by atoms with Crippen LogP contribution >= 0.6 is 15.9 Å². The highest BCUT2D eigenvalue weighted by Gasteiger charge is 2.29. The van der Waals surface area contributed by atoms with Crippen molar-refractivity contribution in [2.45, 2.75) is 31.2 Å². The zero-order valence-electron chi connectivity index (χ0n) is 10.1. The molecule has 0 aliphatic carbocycles. The quantitative estimate of drug-likeness (QED) is 0.373. The normalized spacial score (nSPS) is 12.9. The summed E-state index contributed by atoms with van der Waals surface area (Å²) in [5, 5.41) is 0. The SMILES string of the molecule is CC(C)(C)OC(=O)C(Br)C(=O)c1ccccc1. The lowest BCUT2D eigenvalue weighted by atomic mass is 10.1. The first-order chi connectivity index (χ1) is 7.81. The summed E-state index contributed by atoms with van der Waals surface area (Å²) in [5.74, 6) is -0.855. The monoisotopic (exact) mass is 298 g/mol. The lowest BCUT2D eigenvalue weighted by Crippen LogP contribution is -2.33. The Hall–Kier alpha value is -1.16. The van der Waals surface area contributed by atoms with Crippen molar-refractivity contribution in [2.24, 2.45) is 0 Å². The van der Waals surface area contributed by atoms with Crippen molar-refractivity contribution in [3.8, 4) is 0 Å². The van der Waals surface area contributed by atoms with Crippen molar-refractivity contribution in [2.75, 3.05) is 0 Å². The fraction of sp³-hybridized carbons (Fsp3) is 0.385. The van der Waals surface area contributed by atoms with Gasteiger partial charge in [0.2, 0.25) is 0 Å². The molecule has 0 saturated heterocycles. The zero-order valence-corrected chi connectivity index (χ0v) is 11.7. The molecule has 0 radical (unpaired) electrons. The second-order valence-corrected chi connectivity index (χ2v) is 5.54. The molecule has 0 aliphatic rings. The van der Waals surface area contributed by atoms with Crippen molar-refractivity contribution in [1.82, 2.24) is 0 Å². The number of carbonyl (C=O) groups is 2. The smallest absolute Gasteiger partial charge is 0.328 e. The topological polar surface area (TPSA) is 43.4 Å². The first-order valence-electron chi connectivity index (χ1n) is 5.27. The third kappa shape index (κ3) is 4.30. The summed E-state index contributed by atoms with van der Waals surface area (Å²) in [7, 11) is 0. The molecule has 0 fully saturated rings. The average Bonchev–Trinajstić information content (AvgIpc) is 2.26. The van der Waals surface area contributed by atoms with Crippen LogP contribution in [0.3, 0.4) is 0 Å². The maximum atomic E-state index is 11.9. The molecule has 1 aromatic carbocycles. The number of rotatable bonds is 3. The fourth-order valence-corrected chi connectivity index (χ4v) is 1.57. The number of alkyl halides is 1. The summed E-state index contributed by atoms with van der Waals surface area (Å²) in [4.78, 5) is 22.7. The molecule has 1 rings (SSSR count). The van der Waals surface area contributed by atoms with E-state index < -0.39 is 16.4 Å². The Kier molecular flexibility index (Phi) is 4.46. The van der Waals surface area contributed by atoms with E-state index in [1.165, 1.54) is 0 Å². The Morgan fingerprint density at radius 3 is 2.18 bits per heavy atom. The predicted molar refractivity (Wildman–Crippen MR) is 69.3 cm³/mol. The van der Waals surface area contributed by atoms with E-state index in [0.29, 0.717) is 5.56 Å². The number of halogens is 1. The third-order valence-corrected chi connectivity index (χ3v) is 2.69. The third-order valence-electron chi connectivity index (χ3n) is 1.90. The lowest BCUT2D eigenvalue weighted by Gasteiger charge is -2.21. The van der Waals surface area contributed by atoms with E-state index in [0.717, 1.165) is 0 Å². The van der Waals surface area contributed by atoms with Gasteiger partial charge >= 0.3 is 5.97 Å². The van der Waals surface area contributed by atoms with E-state index in [1.54, 1.807) is 45.0 Å². The van der Waals surface area contributed by atoms with Gasteiger partial charge in [-0.25, -0.2) is 0 Å². The number of ether oxygens (including phenoxy) is 1. The van der Waals surface area contributed by atoms with Gasteiger partial charge in [-0.3, -0.25) is 9.59 Å². The van der Waals surface area contributed by atoms with Crippen molar-refractivity contribution in [3.05, 3.63) is 35.9 Å². The van der Waals surface area contributed by atoms with Crippen LogP contribution in [0.25, 0.3) is 0 Å². The Labute approximate surface area is 109 Å². The standard InChI is InChI=1S/C13H15BrO3/c1-13(2,3)17-12(16)10(14)11(15)9-7-5-4-6-8-9/h4-8,10H,1-3H3. The summed E-state index contributed by atoms with van der Waals surface area (Å²) in [6.45, 7) is 5.28. The summed E-state index contributed by atoms with van der Waals surface area (Å²) in [6.07, 6.45) is 0. The van der Waals surface area contributed by atoms with E-state index in [9.17, 15) is 9.59 Å². The van der Waals surface area contributed by atoms with Gasteiger partial charge in [-0.15, -0.1) is 0 Å². The molecule has 0 aromatic heterocycles. The molecule has 0 heterocycles. The molecule has 0 aliphatic heterocycles. The Morgan fingerprint density at radius 1 is 1.18 bits per heavy atom. The number of hydrogen-bond acceptors (Lipinski definition) is 3. The van der Waals surface area contributed by atoms with Crippen LogP contribution < -0.4 is 0 Å². The molecular formula is C13H15BrO3. The fourth-order valence-electron chi connectivity index (χ4n) is 1.21. The van der Waals surface area contributed by atoms with Crippen molar-refractivity contribution < 1.29 is 14.3 Å². The molecule has 1 aromatic rings. The Bertz CT molecular complexity index is 406. The molecule has 0 N–H and O–H groups in total. The maximum Gasteiger partial charge on any atom is 0.328 e. The van der Waals surface area contributed by atoms with Gasteiger partial charge in [0.05, 0.1) is 0 Å². The van der Waals surface area contributed by atoms with Gasteiger partial charge in [-0.2, -0.15) is 0 Å². The van der Waals surface area contributed by atoms with Crippen molar-refractivity contribution in [1.29, 1.82) is 0 Å². The summed E-state index contributed by atoms with van der Waals surface area (Å²) in [5.41, 5.74) is -0.111. The largest absolute Gasteiger partial charge is 0.459 e. The number of carbonyl (C=O) groups excluding carboxylic acids is 2. The summed E-state index contributed by atoms with van der Waals surface area (Å²) < 4.78 is 5.14. The van der Waals surface area contributed by atoms with E-state index in [1.807, 2.05) is 6.07 Å². The van der Waals surface area contributed by atoms with Gasteiger partial charge in [0.25, 0.3) is 0 Å². The second-order valence-electron chi connectivity index (χ2n) is 4.63. The molecule has 1 atom stereocenters. The van der Waals surface area contributed by atoms with Gasteiger partial charge in [0.1, 0.15) is 5.60 Å². The number of esters is 1. The molecule has 17 heavy (non-hydrogen) atoms. The van der Waals surface area contributed by atoms with Crippen molar-refractivity contribution >= 4 is 27.7 Å². The molecule has 3 nitrogen and oxygen atoms in total. The number of benzene rings is 1. The average molecular weight is 299 g/mol. The second kappa shape index (κ2) is 5.45. The van der Waals surface area contributed by atoms with Gasteiger partial charge in [-0.05, 0) is 20.8 Å². The van der Waals surface area contributed by atoms with Crippen LogP contribution in [0.1, 0.15) is 31.1 Å². The molecule has 0 spiro atoms. The molecule has 0 bridgehead atoms. The van der Waals surface area contributed by atoms with Crippen LogP contribution in [0, 0.1) is 0 Å². The van der Waals surface area contributed by atoms with Gasteiger partial charge < -0.3 is 4.74 Å². The zero-order chi connectivity index (χ0) is 13.1. The van der Waals surface area contributed by atoms with Crippen LogP contribution in [0.2, 0.25) is 0 Å². The van der Waals surface area contributed by atoms with Crippen LogP contribution in [-0.2, 0) is 9.53 Å². The van der Waals surface area contributed by atoms with Gasteiger partial charge in [0, 0.05) is 5.56 Å². The highest BCUT2D eigenvalue weighted by molar-refractivity contribution is 9.10. The highest BCUT2D eigenvalue weighted by Crippen LogP contribution is 2.16. The highest BCUT2D eigenvalue weighted by atomic mass is 79.9. The minimum Gasteiger partial charge on any atom is -0.459 e. The predicted octanol–water partition coefficient (Wildman–Crippen LogP) is 2.97. The number of hydrogen-bond donors (Lipinski definition) is 0. The molecule has 1 unspecified atom stereocenters. The molecular weight excluding hydrogens is 284 g/mol. The summed E-state index contributed by atoms with van der Waals surface area (Å²) >= 11 is 3.07. The minimum absolute atomic E-state index is 0.292. The molecule has 4 heteroatoms. The van der Waals surface area contributed by atoms with Crippen LogP contribution in [0.15, 0.2) is 30.3 Å². The molecule has 92 valence electrons. The summed E-state index contributed by atoms with van der Waals surface area (Å²) in [6, 6.07) is 8.65. The van der Waals surface area contributed by atoms with E-state index in [-0.39, 0.29) is 5.78 Å². The van der Waals surface area contributed by atoms with E-state index >= 15 is 0 Å². The number of ketones is 1. The van der Waals surface area contributed by atoms with Crippen molar-refractivity contribution in [3.63, 3.8) is 0 Å². The van der Waals surface area contributed by atoms with Gasteiger partial charge in [-0.1, -0.05) is 46.3 Å². The van der Waals surface area contributed by atoms with Gasteiger partial charge in [0.15, 0.2) is 10.6 Å². The Morgan fingerprint density at radius 2 is 1.71 bits per heavy atom. The molecule has 0 amide bonds. The lowest BCUT2D eigenvalue weighted by molar-refractivity contribution is -0.152. The minimum atomic E-state index is -0.955.